The molecule has 0 saturated heterocycles. The Morgan fingerprint density at radius 2 is 1.53 bits per heavy atom. The van der Waals surface area contributed by atoms with Crippen molar-refractivity contribution in [3.8, 4) is 11.1 Å². The number of halogens is 1. The minimum atomic E-state index is -0.228. The van der Waals surface area contributed by atoms with Crippen molar-refractivity contribution in [1.29, 1.82) is 0 Å². The van der Waals surface area contributed by atoms with E-state index in [2.05, 4.69) is 5.48 Å². The third-order valence-corrected chi connectivity index (χ3v) is 2.87. The first kappa shape index (κ1) is 13.5. The van der Waals surface area contributed by atoms with E-state index in [0.717, 1.165) is 16.7 Å². The summed E-state index contributed by atoms with van der Waals surface area (Å²) in [6, 6.07) is 14.3. The predicted octanol–water partition coefficient (Wildman–Crippen LogP) is 3.87. The van der Waals surface area contributed by atoms with Gasteiger partial charge in [0.2, 0.25) is 0 Å². The highest BCUT2D eigenvalue weighted by molar-refractivity contribution is 5.65. The Morgan fingerprint density at radius 1 is 1.00 bits per heavy atom. The maximum absolute atomic E-state index is 12.8. The summed E-state index contributed by atoms with van der Waals surface area (Å²) in [5.41, 5.74) is 5.24. The molecule has 0 saturated carbocycles. The van der Waals surface area contributed by atoms with Crippen LogP contribution >= 0.6 is 0 Å². The lowest BCUT2D eigenvalue weighted by atomic mass is 10.0. The van der Waals surface area contributed by atoms with Crippen LogP contribution in [0, 0.1) is 5.82 Å². The molecule has 1 atom stereocenters. The van der Waals surface area contributed by atoms with Crippen LogP contribution in [-0.4, -0.2) is 11.2 Å². The lowest BCUT2D eigenvalue weighted by molar-refractivity contribution is 0.150. The fraction of sp³-hybridized carbons (Fsp3) is 0.125. The van der Waals surface area contributed by atoms with Crippen LogP contribution < -0.4 is 5.48 Å². The minimum absolute atomic E-state index is 0.0863. The second kappa shape index (κ2) is 6.27. The van der Waals surface area contributed by atoms with E-state index in [4.69, 9.17) is 5.21 Å². The molecule has 2 aromatic carbocycles. The highest BCUT2D eigenvalue weighted by Gasteiger charge is 1.98. The Morgan fingerprint density at radius 3 is 2.05 bits per heavy atom. The molecule has 0 aromatic heterocycles. The van der Waals surface area contributed by atoms with Crippen LogP contribution in [-0.2, 0) is 0 Å². The second-order valence-electron chi connectivity index (χ2n) is 4.41. The van der Waals surface area contributed by atoms with E-state index in [-0.39, 0.29) is 11.9 Å². The van der Waals surface area contributed by atoms with Crippen LogP contribution in [0.5, 0.6) is 0 Å². The summed E-state index contributed by atoms with van der Waals surface area (Å²) in [5.74, 6) is -0.228. The summed E-state index contributed by atoms with van der Waals surface area (Å²) in [7, 11) is 0. The molecule has 19 heavy (non-hydrogen) atoms. The van der Waals surface area contributed by atoms with Crippen LogP contribution in [0.1, 0.15) is 12.5 Å². The zero-order valence-electron chi connectivity index (χ0n) is 10.7. The Bertz CT molecular complexity index is 546. The van der Waals surface area contributed by atoms with Gasteiger partial charge in [0.1, 0.15) is 5.82 Å². The van der Waals surface area contributed by atoms with Crippen LogP contribution in [0.4, 0.5) is 4.39 Å². The molecule has 0 spiro atoms. The molecule has 0 aliphatic heterocycles. The minimum Gasteiger partial charge on any atom is -0.316 e. The van der Waals surface area contributed by atoms with Crippen LogP contribution in [0.25, 0.3) is 17.2 Å². The third-order valence-electron chi connectivity index (χ3n) is 2.87. The van der Waals surface area contributed by atoms with Gasteiger partial charge in [-0.3, -0.25) is 0 Å². The summed E-state index contributed by atoms with van der Waals surface area (Å²) >= 11 is 0. The van der Waals surface area contributed by atoms with Gasteiger partial charge in [0.05, 0.1) is 0 Å². The van der Waals surface area contributed by atoms with E-state index in [1.54, 1.807) is 12.1 Å². The molecule has 0 heterocycles. The summed E-state index contributed by atoms with van der Waals surface area (Å²) in [6.45, 7) is 1.85. The maximum atomic E-state index is 12.8. The Kier molecular flexibility index (Phi) is 4.44. The topological polar surface area (TPSA) is 32.3 Å². The summed E-state index contributed by atoms with van der Waals surface area (Å²) in [4.78, 5) is 0. The van der Waals surface area contributed by atoms with Gasteiger partial charge in [0, 0.05) is 6.04 Å². The fourth-order valence-corrected chi connectivity index (χ4v) is 1.73. The van der Waals surface area contributed by atoms with Gasteiger partial charge >= 0.3 is 0 Å². The Labute approximate surface area is 112 Å². The van der Waals surface area contributed by atoms with Gasteiger partial charge in [-0.1, -0.05) is 48.6 Å². The van der Waals surface area contributed by atoms with Crippen LogP contribution in [0.15, 0.2) is 54.6 Å². The first-order valence-corrected chi connectivity index (χ1v) is 6.13. The molecule has 0 radical (unpaired) electrons. The molecule has 0 amide bonds. The van der Waals surface area contributed by atoms with Crippen LogP contribution in [0.3, 0.4) is 0 Å². The molecule has 2 aromatic rings. The third kappa shape index (κ3) is 3.74. The van der Waals surface area contributed by atoms with E-state index in [1.165, 1.54) is 12.1 Å². The number of rotatable bonds is 4. The Hall–Kier alpha value is -1.97. The molecule has 0 aliphatic carbocycles. The highest BCUT2D eigenvalue weighted by atomic mass is 19.1. The van der Waals surface area contributed by atoms with E-state index in [1.807, 2.05) is 43.3 Å². The first-order chi connectivity index (χ1) is 9.19. The van der Waals surface area contributed by atoms with E-state index in [0.29, 0.717) is 0 Å². The maximum Gasteiger partial charge on any atom is 0.123 e. The Balaban J connectivity index is 2.14. The van der Waals surface area contributed by atoms with Gasteiger partial charge in [0.25, 0.3) is 0 Å². The quantitative estimate of drug-likeness (QED) is 0.815. The lowest BCUT2D eigenvalue weighted by Crippen LogP contribution is -2.18. The van der Waals surface area contributed by atoms with Crippen molar-refractivity contribution in [2.24, 2.45) is 0 Å². The van der Waals surface area contributed by atoms with Crippen molar-refractivity contribution < 1.29 is 9.60 Å². The molecule has 0 fully saturated rings. The zero-order valence-corrected chi connectivity index (χ0v) is 10.7. The second-order valence-corrected chi connectivity index (χ2v) is 4.41. The normalized spacial score (nSPS) is 12.8. The molecular formula is C16H16FNO. The number of hydrogen-bond acceptors (Lipinski definition) is 2. The lowest BCUT2D eigenvalue weighted by Gasteiger charge is -2.03. The van der Waals surface area contributed by atoms with E-state index in [9.17, 15) is 4.39 Å². The van der Waals surface area contributed by atoms with Crippen molar-refractivity contribution in [3.63, 3.8) is 0 Å². The van der Waals surface area contributed by atoms with Crippen molar-refractivity contribution in [2.75, 3.05) is 0 Å². The molecule has 98 valence electrons. The summed E-state index contributed by atoms with van der Waals surface area (Å²) in [5, 5.41) is 8.70. The van der Waals surface area contributed by atoms with E-state index >= 15 is 0 Å². The predicted molar refractivity (Wildman–Crippen MR) is 75.3 cm³/mol. The average molecular weight is 257 g/mol. The number of hydrogen-bond donors (Lipinski definition) is 2. The molecule has 2 nitrogen and oxygen atoms in total. The number of benzene rings is 2. The van der Waals surface area contributed by atoms with Gasteiger partial charge in [-0.15, -0.1) is 0 Å². The monoisotopic (exact) mass is 257 g/mol. The highest BCUT2D eigenvalue weighted by Crippen LogP contribution is 2.20. The first-order valence-electron chi connectivity index (χ1n) is 6.13. The molecule has 3 heteroatoms. The van der Waals surface area contributed by atoms with Gasteiger partial charge < -0.3 is 5.21 Å². The van der Waals surface area contributed by atoms with Crippen molar-refractivity contribution >= 4 is 6.08 Å². The van der Waals surface area contributed by atoms with Gasteiger partial charge in [0.15, 0.2) is 0 Å². The van der Waals surface area contributed by atoms with Gasteiger partial charge in [-0.05, 0) is 35.7 Å². The zero-order chi connectivity index (χ0) is 13.7. The van der Waals surface area contributed by atoms with Crippen molar-refractivity contribution in [2.45, 2.75) is 13.0 Å². The van der Waals surface area contributed by atoms with E-state index < -0.39 is 0 Å². The molecule has 2 N–H and O–H groups in total. The van der Waals surface area contributed by atoms with Crippen molar-refractivity contribution in [3.05, 3.63) is 66.0 Å². The summed E-state index contributed by atoms with van der Waals surface area (Å²) < 4.78 is 12.8. The number of nitrogens with one attached hydrogen (secondary N) is 1. The SMILES string of the molecule is C[C@@H](/C=C/c1ccc(-c2ccc(F)cc2)cc1)NO. The van der Waals surface area contributed by atoms with Gasteiger partial charge in [-0.2, -0.15) is 5.48 Å². The molecule has 0 bridgehead atoms. The molecular weight excluding hydrogens is 241 g/mol. The molecule has 2 rings (SSSR count). The van der Waals surface area contributed by atoms with Gasteiger partial charge in [-0.25, -0.2) is 4.39 Å². The standard InChI is InChI=1S/C16H16FNO/c1-12(18-19)2-3-13-4-6-14(7-5-13)15-8-10-16(17)11-9-15/h2-12,18-19H,1H3/b3-2+/t12-/m0/s1. The fourth-order valence-electron chi connectivity index (χ4n) is 1.73. The largest absolute Gasteiger partial charge is 0.316 e. The van der Waals surface area contributed by atoms with Crippen LogP contribution in [0.2, 0.25) is 0 Å². The molecule has 0 unspecified atom stereocenters. The number of hydroxylamine groups is 1. The van der Waals surface area contributed by atoms with Crippen molar-refractivity contribution in [1.82, 2.24) is 5.48 Å². The molecule has 0 aliphatic rings. The average Bonchev–Trinajstić information content (AvgIpc) is 2.46. The smallest absolute Gasteiger partial charge is 0.123 e. The summed E-state index contributed by atoms with van der Waals surface area (Å²) in [6.07, 6.45) is 3.80.